The lowest BCUT2D eigenvalue weighted by Crippen LogP contribution is -2.33. The Bertz CT molecular complexity index is 1160. The number of nitrogens with one attached hydrogen (secondary N) is 1. The molecule has 3 aromatic rings. The normalized spacial score (nSPS) is 15.4. The third-order valence-corrected chi connectivity index (χ3v) is 6.37. The first kappa shape index (κ1) is 20.2. The van der Waals surface area contributed by atoms with Gasteiger partial charge in [-0.2, -0.15) is 4.98 Å². The molecule has 2 aromatic carbocycles. The Kier molecular flexibility index (Phi) is 5.63. The second-order valence-electron chi connectivity index (χ2n) is 7.38. The van der Waals surface area contributed by atoms with Crippen LogP contribution in [0.3, 0.4) is 0 Å². The zero-order chi connectivity index (χ0) is 21.3. The summed E-state index contributed by atoms with van der Waals surface area (Å²) in [5.74, 6) is 1.50. The zero-order valence-corrected chi connectivity index (χ0v) is 18.0. The van der Waals surface area contributed by atoms with E-state index in [1.807, 2.05) is 41.9 Å². The van der Waals surface area contributed by atoms with Crippen molar-refractivity contribution in [3.05, 3.63) is 81.1 Å². The fraction of sp³-hybridized carbons (Fsp3) is 0.261. The van der Waals surface area contributed by atoms with Crippen molar-refractivity contribution in [2.75, 3.05) is 12.4 Å². The Labute approximate surface area is 179 Å². The first-order valence-electron chi connectivity index (χ1n) is 9.69. The number of aryl methyl sites for hydroxylation is 1. The van der Waals surface area contributed by atoms with Gasteiger partial charge in [0.15, 0.2) is 5.16 Å². The van der Waals surface area contributed by atoms with Crippen molar-refractivity contribution >= 4 is 23.5 Å². The molecule has 30 heavy (non-hydrogen) atoms. The van der Waals surface area contributed by atoms with E-state index in [1.54, 1.807) is 7.11 Å². The van der Waals surface area contributed by atoms with E-state index < -0.39 is 0 Å². The van der Waals surface area contributed by atoms with Gasteiger partial charge in [0.1, 0.15) is 11.6 Å². The Balaban J connectivity index is 1.69. The molecular formula is C23H23N3O3S. The number of fused-ring (bicyclic) bond motifs is 1. The number of amides is 1. The van der Waals surface area contributed by atoms with E-state index in [9.17, 15) is 9.59 Å². The highest BCUT2D eigenvalue weighted by Gasteiger charge is 2.32. The van der Waals surface area contributed by atoms with Gasteiger partial charge >= 0.3 is 0 Å². The van der Waals surface area contributed by atoms with E-state index in [2.05, 4.69) is 35.4 Å². The standard InChI is InChI=1S/C23H23N3O3S/c1-14-5-4-6-15(11-14)13-30-23-25-22(28)20-18(12-19(27)24-21(20)26(23)2)16-7-9-17(29-3)10-8-16/h4-11,18H,12-13H2,1-3H3,(H,24,27). The van der Waals surface area contributed by atoms with Crippen LogP contribution < -0.4 is 15.6 Å². The van der Waals surface area contributed by atoms with Crippen molar-refractivity contribution < 1.29 is 9.53 Å². The lowest BCUT2D eigenvalue weighted by molar-refractivity contribution is -0.116. The summed E-state index contributed by atoms with van der Waals surface area (Å²) in [4.78, 5) is 29.8. The molecule has 0 saturated heterocycles. The van der Waals surface area contributed by atoms with Crippen molar-refractivity contribution in [3.63, 3.8) is 0 Å². The molecule has 0 aliphatic carbocycles. The molecule has 0 saturated carbocycles. The van der Waals surface area contributed by atoms with Crippen LogP contribution in [0.5, 0.6) is 5.75 Å². The Morgan fingerprint density at radius 2 is 1.97 bits per heavy atom. The van der Waals surface area contributed by atoms with Gasteiger partial charge in [0.25, 0.3) is 5.56 Å². The third-order valence-electron chi connectivity index (χ3n) is 5.27. The maximum absolute atomic E-state index is 13.0. The number of hydrogen-bond donors (Lipinski definition) is 1. The second kappa shape index (κ2) is 8.36. The first-order valence-corrected chi connectivity index (χ1v) is 10.7. The van der Waals surface area contributed by atoms with Gasteiger partial charge in [-0.1, -0.05) is 53.7 Å². The highest BCUT2D eigenvalue weighted by Crippen LogP contribution is 2.36. The summed E-state index contributed by atoms with van der Waals surface area (Å²) in [5, 5.41) is 3.46. The van der Waals surface area contributed by atoms with Crippen LogP contribution in [0.25, 0.3) is 0 Å². The number of carbonyl (C=O) groups is 1. The summed E-state index contributed by atoms with van der Waals surface area (Å²) >= 11 is 1.48. The van der Waals surface area contributed by atoms with Crippen LogP contribution in [-0.4, -0.2) is 22.6 Å². The summed E-state index contributed by atoms with van der Waals surface area (Å²) in [6, 6.07) is 15.7. The average molecular weight is 422 g/mol. The maximum Gasteiger partial charge on any atom is 0.279 e. The monoisotopic (exact) mass is 421 g/mol. The maximum atomic E-state index is 13.0. The number of rotatable bonds is 5. The predicted molar refractivity (Wildman–Crippen MR) is 118 cm³/mol. The number of nitrogens with zero attached hydrogens (tertiary/aromatic N) is 2. The van der Waals surface area contributed by atoms with Crippen LogP contribution in [-0.2, 0) is 17.6 Å². The second-order valence-corrected chi connectivity index (χ2v) is 8.32. The Hall–Kier alpha value is -3.06. The van der Waals surface area contributed by atoms with Crippen LogP contribution in [0, 0.1) is 6.92 Å². The number of ether oxygens (including phenoxy) is 1. The van der Waals surface area contributed by atoms with Crippen molar-refractivity contribution in [2.24, 2.45) is 7.05 Å². The molecule has 6 nitrogen and oxygen atoms in total. The number of methoxy groups -OCH3 is 1. The van der Waals surface area contributed by atoms with Crippen LogP contribution in [0.2, 0.25) is 0 Å². The lowest BCUT2D eigenvalue weighted by Gasteiger charge is -2.27. The van der Waals surface area contributed by atoms with Crippen LogP contribution in [0.1, 0.15) is 34.6 Å². The number of anilines is 1. The molecule has 1 aromatic heterocycles. The van der Waals surface area contributed by atoms with Crippen molar-refractivity contribution in [1.82, 2.24) is 9.55 Å². The molecule has 1 aliphatic rings. The molecule has 1 amide bonds. The van der Waals surface area contributed by atoms with Gasteiger partial charge in [-0.3, -0.25) is 9.59 Å². The summed E-state index contributed by atoms with van der Waals surface area (Å²) in [6.45, 7) is 2.05. The predicted octanol–water partition coefficient (Wildman–Crippen LogP) is 3.86. The summed E-state index contributed by atoms with van der Waals surface area (Å²) < 4.78 is 7.03. The van der Waals surface area contributed by atoms with Gasteiger partial charge in [0.2, 0.25) is 5.91 Å². The SMILES string of the molecule is COc1ccc(C2CC(=O)Nc3c2c(=O)nc(SCc2cccc(C)c2)n3C)cc1. The molecule has 0 bridgehead atoms. The molecule has 1 unspecified atom stereocenters. The van der Waals surface area contributed by atoms with E-state index in [4.69, 9.17) is 4.74 Å². The molecule has 1 atom stereocenters. The molecule has 0 radical (unpaired) electrons. The topological polar surface area (TPSA) is 73.2 Å². The molecular weight excluding hydrogens is 398 g/mol. The van der Waals surface area contributed by atoms with Crippen LogP contribution in [0.4, 0.5) is 5.82 Å². The molecule has 0 spiro atoms. The summed E-state index contributed by atoms with van der Waals surface area (Å²) in [5.41, 5.74) is 3.48. The number of aromatic nitrogens is 2. The van der Waals surface area contributed by atoms with Gasteiger partial charge in [0, 0.05) is 25.1 Å². The largest absolute Gasteiger partial charge is 0.497 e. The van der Waals surface area contributed by atoms with Gasteiger partial charge in [-0.25, -0.2) is 0 Å². The Morgan fingerprint density at radius 3 is 2.67 bits per heavy atom. The molecule has 1 N–H and O–H groups in total. The smallest absolute Gasteiger partial charge is 0.279 e. The highest BCUT2D eigenvalue weighted by atomic mass is 32.2. The molecule has 1 aliphatic heterocycles. The van der Waals surface area contributed by atoms with E-state index in [0.717, 1.165) is 16.9 Å². The number of hydrogen-bond acceptors (Lipinski definition) is 5. The fourth-order valence-corrected chi connectivity index (χ4v) is 4.64. The number of thioether (sulfide) groups is 1. The lowest BCUT2D eigenvalue weighted by atomic mass is 9.87. The minimum Gasteiger partial charge on any atom is -0.497 e. The minimum atomic E-state index is -0.332. The molecule has 4 rings (SSSR count). The van der Waals surface area contributed by atoms with E-state index in [-0.39, 0.29) is 23.8 Å². The van der Waals surface area contributed by atoms with E-state index in [0.29, 0.717) is 22.3 Å². The number of benzene rings is 2. The fourth-order valence-electron chi connectivity index (χ4n) is 3.74. The quantitative estimate of drug-likeness (QED) is 0.500. The van der Waals surface area contributed by atoms with Gasteiger partial charge in [-0.05, 0) is 30.2 Å². The van der Waals surface area contributed by atoms with Crippen molar-refractivity contribution in [2.45, 2.75) is 30.2 Å². The van der Waals surface area contributed by atoms with Crippen LogP contribution >= 0.6 is 11.8 Å². The van der Waals surface area contributed by atoms with Gasteiger partial charge < -0.3 is 14.6 Å². The molecule has 2 heterocycles. The Morgan fingerprint density at radius 1 is 1.20 bits per heavy atom. The molecule has 154 valence electrons. The first-order chi connectivity index (χ1) is 14.5. The van der Waals surface area contributed by atoms with Gasteiger partial charge in [0.05, 0.1) is 12.7 Å². The zero-order valence-electron chi connectivity index (χ0n) is 17.1. The highest BCUT2D eigenvalue weighted by molar-refractivity contribution is 7.98. The van der Waals surface area contributed by atoms with E-state index >= 15 is 0 Å². The van der Waals surface area contributed by atoms with Crippen molar-refractivity contribution in [3.8, 4) is 5.75 Å². The third kappa shape index (κ3) is 3.98. The van der Waals surface area contributed by atoms with Crippen LogP contribution in [0.15, 0.2) is 58.5 Å². The van der Waals surface area contributed by atoms with Crippen molar-refractivity contribution in [1.29, 1.82) is 0 Å². The van der Waals surface area contributed by atoms with Gasteiger partial charge in [-0.15, -0.1) is 0 Å². The van der Waals surface area contributed by atoms with E-state index in [1.165, 1.54) is 17.3 Å². The summed E-state index contributed by atoms with van der Waals surface area (Å²) in [7, 11) is 3.44. The molecule has 7 heteroatoms. The minimum absolute atomic E-state index is 0.112. The average Bonchev–Trinajstić information content (AvgIpc) is 2.74. The number of carbonyl (C=O) groups excluding carboxylic acids is 1. The summed E-state index contributed by atoms with van der Waals surface area (Å²) in [6.07, 6.45) is 0.214. The molecule has 0 fully saturated rings.